The highest BCUT2D eigenvalue weighted by molar-refractivity contribution is 7.91. The number of carbonyl (C=O) groups excluding carboxylic acids is 1. The van der Waals surface area contributed by atoms with E-state index in [1.54, 1.807) is 6.07 Å². The minimum atomic E-state index is -5.79. The van der Waals surface area contributed by atoms with Crippen LogP contribution in [0.5, 0.6) is 0 Å². The standard InChI is InChI=1S/C39H28N2O18S5/c42-27(21-10-6-11-22(16-21)61(48,49)50)14-7-15-60(46,47)23-17-28(62(51,52)53)35(29(18-23)63(54,55)56)40-26-19-30(64(57,58)59)36-33-31(24-12-4-5-13-25(24)38(44)32(26)33)34(39(45)41-36)37(43)20-8-2-1-3-9-20/h1-6,8-13,16-19,40,43H,7,14-15H2,(H,48,49,50)(H,51,52,53)(H,54,55,56)(H,57,58,59). The summed E-state index contributed by atoms with van der Waals surface area (Å²) in [5.74, 6) is -2.53. The first-order valence-corrected chi connectivity index (χ1v) is 25.3. The molecule has 20 nitrogen and oxygen atoms in total. The van der Waals surface area contributed by atoms with Crippen molar-refractivity contribution >= 4 is 94.9 Å². The molecule has 0 amide bonds. The third-order valence-corrected chi connectivity index (χ3v) is 15.2. The molecular weight excluding hydrogens is 945 g/mol. The quantitative estimate of drug-likeness (QED) is 0.0714. The maximum atomic E-state index is 14.4. The topological polar surface area (TPSA) is 348 Å². The molecule has 0 aromatic heterocycles. The van der Waals surface area contributed by atoms with Gasteiger partial charge >= 0.3 is 0 Å². The number of aromatic nitrogens is 1. The minimum absolute atomic E-state index is 0.0550. The normalized spacial score (nSPS) is 13.4. The minimum Gasteiger partial charge on any atom is -0.506 e. The van der Waals surface area contributed by atoms with Crippen LogP contribution in [0, 0.1) is 10.4 Å². The highest BCUT2D eigenvalue weighted by Crippen LogP contribution is 2.38. The molecule has 1 aliphatic heterocycles. The zero-order valence-corrected chi connectivity index (χ0v) is 36.0. The Morgan fingerprint density at radius 3 is 1.73 bits per heavy atom. The van der Waals surface area contributed by atoms with Gasteiger partial charge < -0.3 is 10.4 Å². The number of aliphatic hydroxyl groups excluding tert-OH is 1. The van der Waals surface area contributed by atoms with Crippen molar-refractivity contribution < 1.29 is 70.2 Å². The van der Waals surface area contributed by atoms with E-state index in [4.69, 9.17) is 0 Å². The number of nitrogens with zero attached hydrogens (tertiary/aromatic N) is 1. The van der Waals surface area contributed by atoms with Crippen molar-refractivity contribution in [2.24, 2.45) is 0 Å². The number of nitrogens with one attached hydrogen (secondary N) is 1. The highest BCUT2D eigenvalue weighted by atomic mass is 32.2. The zero-order chi connectivity index (χ0) is 46.9. The van der Waals surface area contributed by atoms with E-state index in [9.17, 15) is 79.8 Å². The summed E-state index contributed by atoms with van der Waals surface area (Å²) >= 11 is 0. The summed E-state index contributed by atoms with van der Waals surface area (Å²) in [6.45, 7) is 0. The Labute approximate surface area is 361 Å². The van der Waals surface area contributed by atoms with Crippen molar-refractivity contribution in [1.29, 1.82) is 0 Å². The van der Waals surface area contributed by atoms with Gasteiger partial charge in [-0.3, -0.25) is 32.6 Å². The number of aliphatic hydroxyl groups is 1. The number of hydrogen-bond acceptors (Lipinski definition) is 16. The van der Waals surface area contributed by atoms with Gasteiger partial charge in [-0.25, -0.2) is 13.4 Å². The van der Waals surface area contributed by atoms with E-state index in [2.05, 4.69) is 10.3 Å². The van der Waals surface area contributed by atoms with Crippen LogP contribution < -0.4 is 21.5 Å². The first-order chi connectivity index (χ1) is 29.7. The zero-order valence-electron chi connectivity index (χ0n) is 31.9. The first-order valence-electron chi connectivity index (χ1n) is 17.9. The number of rotatable bonds is 13. The molecule has 0 atom stereocenters. The summed E-state index contributed by atoms with van der Waals surface area (Å²) in [7, 11) is -26.7. The smallest absolute Gasteiger partial charge is 0.296 e. The molecule has 2 aliphatic rings. The predicted molar refractivity (Wildman–Crippen MR) is 226 cm³/mol. The van der Waals surface area contributed by atoms with Crippen LogP contribution in [0.1, 0.15) is 28.8 Å². The third kappa shape index (κ3) is 8.54. The molecule has 64 heavy (non-hydrogen) atoms. The van der Waals surface area contributed by atoms with Crippen molar-refractivity contribution in [2.45, 2.75) is 37.3 Å². The summed E-state index contributed by atoms with van der Waals surface area (Å²) in [6, 6.07) is 17.9. The molecule has 1 aliphatic carbocycles. The monoisotopic (exact) mass is 972 g/mol. The molecule has 1 heterocycles. The van der Waals surface area contributed by atoms with Gasteiger partial charge in [0.2, 0.25) is 0 Å². The summed E-state index contributed by atoms with van der Waals surface area (Å²) in [5.41, 5.74) is -5.48. The molecule has 0 saturated carbocycles. The van der Waals surface area contributed by atoms with Gasteiger partial charge in [0.15, 0.2) is 21.0 Å². The van der Waals surface area contributed by atoms with E-state index in [0.29, 0.717) is 6.07 Å². The molecule has 0 spiro atoms. The molecule has 7 rings (SSSR count). The largest absolute Gasteiger partial charge is 0.506 e. The lowest BCUT2D eigenvalue weighted by molar-refractivity contribution is 0.0981. The van der Waals surface area contributed by atoms with Gasteiger partial charge in [-0.15, -0.1) is 0 Å². The van der Waals surface area contributed by atoms with Crippen molar-refractivity contribution in [3.8, 4) is 0 Å². The van der Waals surface area contributed by atoms with E-state index in [0.717, 1.165) is 18.2 Å². The van der Waals surface area contributed by atoms with Crippen molar-refractivity contribution in [3.63, 3.8) is 0 Å². The van der Waals surface area contributed by atoms with Gasteiger partial charge in [0.1, 0.15) is 20.4 Å². The van der Waals surface area contributed by atoms with Gasteiger partial charge in [0.05, 0.1) is 43.0 Å². The molecule has 332 valence electrons. The number of Topliss-reactive ketones (excluding diaryl/α,β-unsaturated/α-hetero) is 1. The number of carbonyl (C=O) groups is 1. The van der Waals surface area contributed by atoms with Crippen molar-refractivity contribution in [1.82, 2.24) is 4.98 Å². The fourth-order valence-corrected chi connectivity index (χ4v) is 11.3. The number of ketones is 1. The lowest BCUT2D eigenvalue weighted by atomic mass is 9.96. The van der Waals surface area contributed by atoms with Crippen molar-refractivity contribution in [2.75, 3.05) is 11.1 Å². The molecule has 0 fully saturated rings. The van der Waals surface area contributed by atoms with Crippen LogP contribution in [-0.2, 0) is 50.3 Å². The van der Waals surface area contributed by atoms with Gasteiger partial charge in [-0.2, -0.15) is 33.7 Å². The highest BCUT2D eigenvalue weighted by Gasteiger charge is 2.32. The molecule has 0 saturated heterocycles. The second kappa shape index (κ2) is 16.1. The molecule has 5 aromatic rings. The molecule has 5 aromatic carbocycles. The lowest BCUT2D eigenvalue weighted by Gasteiger charge is -2.19. The SMILES string of the molecule is O=C(CCCS(=O)(=O)c1cc(S(=O)(=O)O)c(Nc2cc(S(=O)(=O)O)c3nc(=O)c(=C(O)c4ccccc4)c4c5ccccc5c(=O)c2c3=4)c(S(=O)(=O)O)c1)c1cccc(S(=O)(=O)O)c1. The number of benzene rings is 5. The average Bonchev–Trinajstić information content (AvgIpc) is 3.21. The maximum Gasteiger partial charge on any atom is 0.296 e. The van der Waals surface area contributed by atoms with Crippen LogP contribution >= 0.6 is 0 Å². The predicted octanol–water partition coefficient (Wildman–Crippen LogP) is 2.87. The van der Waals surface area contributed by atoms with Crippen LogP contribution in [0.2, 0.25) is 0 Å². The summed E-state index contributed by atoms with van der Waals surface area (Å²) < 4.78 is 169. The van der Waals surface area contributed by atoms with E-state index >= 15 is 0 Å². The van der Waals surface area contributed by atoms with Crippen molar-refractivity contribution in [3.05, 3.63) is 144 Å². The van der Waals surface area contributed by atoms with E-state index in [1.165, 1.54) is 54.6 Å². The number of anilines is 2. The third-order valence-electron chi connectivity index (χ3n) is 9.91. The second-order valence-electron chi connectivity index (χ2n) is 14.0. The fourth-order valence-electron chi connectivity index (χ4n) is 7.11. The van der Waals surface area contributed by atoms with E-state index < -0.39 is 149 Å². The van der Waals surface area contributed by atoms with Crippen LogP contribution in [0.25, 0.3) is 27.4 Å². The van der Waals surface area contributed by atoms with Gasteiger partial charge in [-0.05, 0) is 42.1 Å². The lowest BCUT2D eigenvalue weighted by Crippen LogP contribution is -2.33. The maximum absolute atomic E-state index is 14.4. The Kier molecular flexibility index (Phi) is 11.5. The number of sulfone groups is 1. The number of fused-ring (bicyclic) bond motifs is 2. The summed E-state index contributed by atoms with van der Waals surface area (Å²) in [6.07, 6.45) is -1.14. The average molecular weight is 973 g/mol. The molecule has 6 N–H and O–H groups in total. The van der Waals surface area contributed by atoms with Crippen LogP contribution in [0.3, 0.4) is 0 Å². The Morgan fingerprint density at radius 1 is 0.594 bits per heavy atom. The second-order valence-corrected chi connectivity index (χ2v) is 21.7. The molecule has 25 heteroatoms. The number of hydrogen-bond donors (Lipinski definition) is 6. The molecule has 0 bridgehead atoms. The van der Waals surface area contributed by atoms with Crippen LogP contribution in [-0.4, -0.2) is 81.9 Å². The Morgan fingerprint density at radius 2 is 1.16 bits per heavy atom. The van der Waals surface area contributed by atoms with E-state index in [-0.39, 0.29) is 39.3 Å². The van der Waals surface area contributed by atoms with Crippen LogP contribution in [0.4, 0.5) is 11.4 Å². The fraction of sp³-hybridized carbons (Fsp3) is 0.0769. The summed E-state index contributed by atoms with van der Waals surface area (Å²) in [5, 5.41) is 11.4. The van der Waals surface area contributed by atoms with Gasteiger partial charge in [0.25, 0.3) is 46.0 Å². The Balaban J connectivity index is 1.48. The Bertz CT molecular complexity index is 3930. The van der Waals surface area contributed by atoms with Gasteiger partial charge in [-0.1, -0.05) is 66.7 Å². The van der Waals surface area contributed by atoms with E-state index in [1.807, 2.05) is 0 Å². The van der Waals surface area contributed by atoms with Crippen LogP contribution in [0.15, 0.2) is 131 Å². The Hall–Kier alpha value is -6.29. The summed E-state index contributed by atoms with van der Waals surface area (Å²) in [4.78, 5) is 38.7. The molecule has 0 unspecified atom stereocenters. The molecular formula is C39H28N2O18S5. The first kappa shape index (κ1) is 45.7. The van der Waals surface area contributed by atoms with Gasteiger partial charge in [0, 0.05) is 33.4 Å². The molecule has 0 radical (unpaired) electrons.